The van der Waals surface area contributed by atoms with Crippen molar-refractivity contribution in [1.82, 2.24) is 10.6 Å². The minimum atomic E-state index is -0.706. The largest absolute Gasteiger partial charge is 0.296 e. The molecule has 9 nitrogen and oxygen atoms in total. The van der Waals surface area contributed by atoms with Gasteiger partial charge in [0.15, 0.2) is 0 Å². The van der Waals surface area contributed by atoms with Crippen molar-refractivity contribution in [2.45, 2.75) is 63.2 Å². The predicted molar refractivity (Wildman–Crippen MR) is 130 cm³/mol. The summed E-state index contributed by atoms with van der Waals surface area (Å²) in [6.45, 7) is 3.89. The van der Waals surface area contributed by atoms with E-state index >= 15 is 0 Å². The first kappa shape index (κ1) is 24.3. The van der Waals surface area contributed by atoms with Gasteiger partial charge in [0.05, 0.1) is 22.2 Å². The Labute approximate surface area is 203 Å². The lowest BCUT2D eigenvalue weighted by Crippen LogP contribution is -2.51. The van der Waals surface area contributed by atoms with Crippen LogP contribution in [0.15, 0.2) is 58.9 Å². The number of amides is 4. The van der Waals surface area contributed by atoms with Gasteiger partial charge >= 0.3 is 0 Å². The maximum Gasteiger partial charge on any atom is 0.237 e. The molecule has 2 fully saturated rings. The van der Waals surface area contributed by atoms with E-state index in [0.717, 1.165) is 11.1 Å². The molecule has 2 aliphatic rings. The van der Waals surface area contributed by atoms with Gasteiger partial charge in [0.2, 0.25) is 23.6 Å². The molecule has 182 valence electrons. The zero-order chi connectivity index (χ0) is 25.1. The number of carbonyl (C=O) groups excluding carboxylic acids is 4. The maximum atomic E-state index is 12.6. The van der Waals surface area contributed by atoms with E-state index in [-0.39, 0.29) is 23.6 Å². The molecular weight excluding hydrogens is 446 g/mol. The fraction of sp³-hybridized carbons (Fsp3) is 0.385. The summed E-state index contributed by atoms with van der Waals surface area (Å²) in [6, 6.07) is 14.7. The highest BCUT2D eigenvalue weighted by Gasteiger charge is 2.43. The molecule has 4 amide bonds. The van der Waals surface area contributed by atoms with Crippen LogP contribution in [0, 0.1) is 0 Å². The Morgan fingerprint density at radius 2 is 1.20 bits per heavy atom. The van der Waals surface area contributed by atoms with Crippen LogP contribution in [0.4, 0.5) is 11.4 Å². The van der Waals surface area contributed by atoms with Gasteiger partial charge in [-0.3, -0.25) is 35.2 Å². The van der Waals surface area contributed by atoms with Gasteiger partial charge < -0.3 is 0 Å². The molecule has 0 aromatic heterocycles. The monoisotopic (exact) mass is 475 g/mol. The number of imide groups is 2. The van der Waals surface area contributed by atoms with Crippen molar-refractivity contribution in [2.24, 2.45) is 10.3 Å². The summed E-state index contributed by atoms with van der Waals surface area (Å²) in [4.78, 5) is 48.2. The molecule has 0 saturated carbocycles. The molecule has 35 heavy (non-hydrogen) atoms. The molecule has 0 radical (unpaired) electrons. The van der Waals surface area contributed by atoms with Gasteiger partial charge in [-0.15, -0.1) is 5.11 Å². The Balaban J connectivity index is 1.42. The molecule has 2 atom stereocenters. The van der Waals surface area contributed by atoms with Crippen LogP contribution in [0.5, 0.6) is 0 Å². The summed E-state index contributed by atoms with van der Waals surface area (Å²) >= 11 is 0. The van der Waals surface area contributed by atoms with Crippen molar-refractivity contribution in [3.8, 4) is 0 Å². The second kappa shape index (κ2) is 9.77. The van der Waals surface area contributed by atoms with E-state index in [1.807, 2.05) is 50.2 Å². The quantitative estimate of drug-likeness (QED) is 0.317. The second-order valence-corrected chi connectivity index (χ2v) is 9.06. The lowest BCUT2D eigenvalue weighted by molar-refractivity contribution is -0.139. The highest BCUT2D eigenvalue weighted by atomic mass is 16.2. The van der Waals surface area contributed by atoms with Crippen molar-refractivity contribution >= 4 is 35.0 Å². The number of hydrogen-bond donors (Lipinski definition) is 3. The summed E-state index contributed by atoms with van der Waals surface area (Å²) in [6.07, 6.45) is 2.84. The smallest absolute Gasteiger partial charge is 0.237 e. The van der Waals surface area contributed by atoms with E-state index < -0.39 is 10.8 Å². The Hall–Kier alpha value is -3.88. The lowest BCUT2D eigenvalue weighted by Gasteiger charge is -2.35. The number of carbonyl (C=O) groups is 4. The molecule has 2 unspecified atom stereocenters. The van der Waals surface area contributed by atoms with Crippen molar-refractivity contribution in [3.63, 3.8) is 0 Å². The van der Waals surface area contributed by atoms with Crippen molar-refractivity contribution in [1.29, 1.82) is 0 Å². The van der Waals surface area contributed by atoms with Crippen LogP contribution in [0.2, 0.25) is 0 Å². The lowest BCUT2D eigenvalue weighted by atomic mass is 9.72. The fourth-order valence-corrected chi connectivity index (χ4v) is 4.98. The van der Waals surface area contributed by atoms with Gasteiger partial charge in [0, 0.05) is 12.8 Å². The first-order chi connectivity index (χ1) is 16.8. The van der Waals surface area contributed by atoms with Gasteiger partial charge in [-0.05, 0) is 61.1 Å². The van der Waals surface area contributed by atoms with Gasteiger partial charge in [0.25, 0.3) is 0 Å². The number of piperidine rings is 2. The van der Waals surface area contributed by atoms with E-state index in [0.29, 0.717) is 49.9 Å². The van der Waals surface area contributed by atoms with Gasteiger partial charge in [-0.1, -0.05) is 43.3 Å². The number of nitrogens with zero attached hydrogens (tertiary/aromatic N) is 2. The number of benzene rings is 2. The highest BCUT2D eigenvalue weighted by molar-refractivity contribution is 6.04. The third kappa shape index (κ3) is 4.58. The van der Waals surface area contributed by atoms with Crippen LogP contribution in [0.3, 0.4) is 0 Å². The number of hydrogen-bond acceptors (Lipinski definition) is 6. The van der Waals surface area contributed by atoms with Crippen LogP contribution in [-0.4, -0.2) is 23.6 Å². The van der Waals surface area contributed by atoms with Crippen LogP contribution in [0.25, 0.3) is 0 Å². The molecule has 2 saturated heterocycles. The van der Waals surface area contributed by atoms with E-state index in [4.69, 9.17) is 0 Å². The number of nitrogens with one attached hydrogen (secondary N) is 3. The first-order valence-electron chi connectivity index (χ1n) is 11.9. The van der Waals surface area contributed by atoms with Crippen LogP contribution in [0.1, 0.15) is 63.5 Å². The summed E-state index contributed by atoms with van der Waals surface area (Å²) in [5.41, 5.74) is 4.52. The SMILES string of the molecule is CCC1(c2ccc(N=NNc3ccc(C4(CC)CCC(=O)NC4=O)cc3)cc2)CCC(=O)NC1=O. The van der Waals surface area contributed by atoms with E-state index in [1.54, 1.807) is 12.1 Å². The Morgan fingerprint density at radius 3 is 1.63 bits per heavy atom. The van der Waals surface area contributed by atoms with Crippen molar-refractivity contribution in [3.05, 3.63) is 59.7 Å². The second-order valence-electron chi connectivity index (χ2n) is 9.06. The Kier molecular flexibility index (Phi) is 6.77. The molecule has 9 heteroatoms. The molecule has 4 rings (SSSR count). The molecule has 2 aromatic carbocycles. The first-order valence-corrected chi connectivity index (χ1v) is 11.9. The van der Waals surface area contributed by atoms with Crippen molar-refractivity contribution in [2.75, 3.05) is 5.43 Å². The van der Waals surface area contributed by atoms with Gasteiger partial charge in [-0.2, -0.15) is 0 Å². The third-order valence-electron chi connectivity index (χ3n) is 7.34. The molecule has 2 heterocycles. The van der Waals surface area contributed by atoms with Crippen LogP contribution in [-0.2, 0) is 30.0 Å². The van der Waals surface area contributed by atoms with Crippen LogP contribution < -0.4 is 16.1 Å². The predicted octanol–water partition coefficient (Wildman–Crippen LogP) is 3.97. The number of rotatable bonds is 7. The molecular formula is C26H29N5O4. The summed E-state index contributed by atoms with van der Waals surface area (Å²) in [5.74, 6) is -0.960. The average Bonchev–Trinajstić information content (AvgIpc) is 2.86. The van der Waals surface area contributed by atoms with E-state index in [1.165, 1.54) is 0 Å². The highest BCUT2D eigenvalue weighted by Crippen LogP contribution is 2.37. The molecule has 0 aliphatic carbocycles. The Bertz CT molecular complexity index is 1180. The molecule has 3 N–H and O–H groups in total. The standard InChI is InChI=1S/C26H29N5O4/c1-3-25(15-13-21(32)27-23(25)34)17-5-9-19(10-6-17)29-31-30-20-11-7-18(8-12-20)26(4-2)16-14-22(33)28-24(26)35/h5-12H,3-4,13-16H2,1-2H3,(H,29,30)(H,27,32,34)(H,28,33,35). The molecule has 0 bridgehead atoms. The summed E-state index contributed by atoms with van der Waals surface area (Å²) < 4.78 is 0. The summed E-state index contributed by atoms with van der Waals surface area (Å²) in [5, 5.41) is 13.1. The minimum absolute atomic E-state index is 0.229. The normalized spacial score (nSPS) is 24.9. The zero-order valence-corrected chi connectivity index (χ0v) is 19.9. The maximum absolute atomic E-state index is 12.6. The van der Waals surface area contributed by atoms with Crippen molar-refractivity contribution < 1.29 is 19.2 Å². The third-order valence-corrected chi connectivity index (χ3v) is 7.34. The Morgan fingerprint density at radius 1 is 0.743 bits per heavy atom. The molecule has 2 aromatic rings. The van der Waals surface area contributed by atoms with E-state index in [9.17, 15) is 19.2 Å². The molecule has 0 spiro atoms. The van der Waals surface area contributed by atoms with Crippen LogP contribution >= 0.6 is 0 Å². The average molecular weight is 476 g/mol. The molecule has 2 aliphatic heterocycles. The van der Waals surface area contributed by atoms with E-state index in [2.05, 4.69) is 26.4 Å². The van der Waals surface area contributed by atoms with Gasteiger partial charge in [-0.25, -0.2) is 0 Å². The topological polar surface area (TPSA) is 129 Å². The zero-order valence-electron chi connectivity index (χ0n) is 19.9. The van der Waals surface area contributed by atoms with Gasteiger partial charge in [0.1, 0.15) is 0 Å². The fourth-order valence-electron chi connectivity index (χ4n) is 4.98. The summed E-state index contributed by atoms with van der Waals surface area (Å²) in [7, 11) is 0. The number of anilines is 1. The minimum Gasteiger partial charge on any atom is -0.296 e.